The van der Waals surface area contributed by atoms with Gasteiger partial charge in [0.15, 0.2) is 11.5 Å². The van der Waals surface area contributed by atoms with Crippen LogP contribution in [-0.4, -0.2) is 24.3 Å². The van der Waals surface area contributed by atoms with Crippen LogP contribution in [0.1, 0.15) is 37.5 Å². The Hall–Kier alpha value is -1.89. The van der Waals surface area contributed by atoms with Crippen LogP contribution in [0.15, 0.2) is 29.8 Å². The number of thioether (sulfide) groups is 1. The SMILES string of the molecule is CCCCNC1=C([N+](=O)[O-])C(SC)c2cccc(OCC)c2O1. The molecule has 1 aromatic carbocycles. The van der Waals surface area contributed by atoms with E-state index in [0.717, 1.165) is 18.4 Å². The summed E-state index contributed by atoms with van der Waals surface area (Å²) < 4.78 is 11.5. The zero-order chi connectivity index (χ0) is 16.8. The highest BCUT2D eigenvalue weighted by Gasteiger charge is 2.39. The number of rotatable bonds is 8. The number of nitrogens with one attached hydrogen (secondary N) is 1. The van der Waals surface area contributed by atoms with Gasteiger partial charge in [-0.3, -0.25) is 10.1 Å². The van der Waals surface area contributed by atoms with E-state index in [9.17, 15) is 10.1 Å². The van der Waals surface area contributed by atoms with Gasteiger partial charge in [0.05, 0.1) is 11.5 Å². The number of nitrogens with zero attached hydrogens (tertiary/aromatic N) is 1. The van der Waals surface area contributed by atoms with Crippen LogP contribution in [0.3, 0.4) is 0 Å². The molecule has 23 heavy (non-hydrogen) atoms. The van der Waals surface area contributed by atoms with Crippen LogP contribution >= 0.6 is 11.8 Å². The van der Waals surface area contributed by atoms with Crippen molar-refractivity contribution in [1.29, 1.82) is 0 Å². The van der Waals surface area contributed by atoms with E-state index in [4.69, 9.17) is 9.47 Å². The molecule has 6 nitrogen and oxygen atoms in total. The first-order valence-electron chi connectivity index (χ1n) is 7.72. The molecule has 0 fully saturated rings. The summed E-state index contributed by atoms with van der Waals surface area (Å²) >= 11 is 1.42. The first kappa shape index (κ1) is 17.5. The van der Waals surface area contributed by atoms with Gasteiger partial charge in [0, 0.05) is 12.1 Å². The third-order valence-electron chi connectivity index (χ3n) is 3.53. The van der Waals surface area contributed by atoms with Gasteiger partial charge in [-0.2, -0.15) is 0 Å². The first-order chi connectivity index (χ1) is 11.1. The predicted molar refractivity (Wildman–Crippen MR) is 91.4 cm³/mol. The van der Waals surface area contributed by atoms with Crippen molar-refractivity contribution in [3.63, 3.8) is 0 Å². The van der Waals surface area contributed by atoms with Gasteiger partial charge in [-0.15, -0.1) is 11.8 Å². The highest BCUT2D eigenvalue weighted by Crippen LogP contribution is 2.48. The van der Waals surface area contributed by atoms with Gasteiger partial charge in [0.25, 0.3) is 5.88 Å². The molecule has 126 valence electrons. The van der Waals surface area contributed by atoms with Crippen LogP contribution < -0.4 is 14.8 Å². The Morgan fingerprint density at radius 1 is 1.43 bits per heavy atom. The molecule has 1 unspecified atom stereocenters. The van der Waals surface area contributed by atoms with E-state index in [0.29, 0.717) is 24.7 Å². The van der Waals surface area contributed by atoms with Gasteiger partial charge in [0.2, 0.25) is 0 Å². The van der Waals surface area contributed by atoms with E-state index < -0.39 is 5.25 Å². The Kier molecular flexibility index (Phi) is 6.15. The maximum atomic E-state index is 11.6. The van der Waals surface area contributed by atoms with Gasteiger partial charge >= 0.3 is 5.70 Å². The quantitative estimate of drug-likeness (QED) is 0.442. The lowest BCUT2D eigenvalue weighted by Gasteiger charge is -2.26. The monoisotopic (exact) mass is 338 g/mol. The van der Waals surface area contributed by atoms with Crippen LogP contribution in [0.25, 0.3) is 0 Å². The minimum Gasteiger partial charge on any atom is -0.490 e. The minimum absolute atomic E-state index is 0.0646. The number of hydrogen-bond donors (Lipinski definition) is 1. The van der Waals surface area contributed by atoms with Crippen molar-refractivity contribution in [2.75, 3.05) is 19.4 Å². The number of unbranched alkanes of at least 4 members (excludes halogenated alkanes) is 1. The number of nitro groups is 1. The summed E-state index contributed by atoms with van der Waals surface area (Å²) in [6, 6.07) is 5.51. The van der Waals surface area contributed by atoms with E-state index >= 15 is 0 Å². The molecule has 0 spiro atoms. The molecule has 0 amide bonds. The number of ether oxygens (including phenoxy) is 2. The maximum absolute atomic E-state index is 11.6. The number of fused-ring (bicyclic) bond motifs is 1. The molecule has 0 bridgehead atoms. The van der Waals surface area contributed by atoms with Gasteiger partial charge in [-0.05, 0) is 25.7 Å². The Labute approximate surface area is 140 Å². The fourth-order valence-corrected chi connectivity index (χ4v) is 3.32. The van der Waals surface area contributed by atoms with Gasteiger partial charge in [-0.1, -0.05) is 25.5 Å². The smallest absolute Gasteiger partial charge is 0.323 e. The number of hydrogen-bond acceptors (Lipinski definition) is 6. The Balaban J connectivity index is 2.45. The van der Waals surface area contributed by atoms with Crippen molar-refractivity contribution < 1.29 is 14.4 Å². The zero-order valence-electron chi connectivity index (χ0n) is 13.6. The van der Waals surface area contributed by atoms with Crippen molar-refractivity contribution in [3.05, 3.63) is 45.5 Å². The second-order valence-electron chi connectivity index (χ2n) is 5.08. The molecular formula is C16H22N2O4S. The molecule has 1 heterocycles. The molecule has 1 aromatic rings. The molecule has 7 heteroatoms. The molecule has 0 aliphatic carbocycles. The van der Waals surface area contributed by atoms with Crippen molar-refractivity contribution in [2.24, 2.45) is 0 Å². The van der Waals surface area contributed by atoms with Crippen LogP contribution in [0, 0.1) is 10.1 Å². The molecule has 0 saturated heterocycles. The Morgan fingerprint density at radius 3 is 2.83 bits per heavy atom. The average Bonchev–Trinajstić information content (AvgIpc) is 2.54. The lowest BCUT2D eigenvalue weighted by atomic mass is 10.1. The van der Waals surface area contributed by atoms with Crippen LogP contribution in [0.4, 0.5) is 0 Å². The Morgan fingerprint density at radius 2 is 2.22 bits per heavy atom. The molecule has 0 saturated carbocycles. The lowest BCUT2D eigenvalue weighted by molar-refractivity contribution is -0.431. The van der Waals surface area contributed by atoms with Gasteiger partial charge in [0.1, 0.15) is 5.25 Å². The molecule has 0 radical (unpaired) electrons. The average molecular weight is 338 g/mol. The van der Waals surface area contributed by atoms with Gasteiger partial charge < -0.3 is 14.8 Å². The summed E-state index contributed by atoms with van der Waals surface area (Å²) in [4.78, 5) is 11.2. The molecule has 1 atom stereocenters. The zero-order valence-corrected chi connectivity index (χ0v) is 14.4. The molecule has 0 aromatic heterocycles. The molecule has 1 N–H and O–H groups in total. The fourth-order valence-electron chi connectivity index (χ4n) is 2.46. The topological polar surface area (TPSA) is 73.6 Å². The lowest BCUT2D eigenvalue weighted by Crippen LogP contribution is -2.29. The first-order valence-corrected chi connectivity index (χ1v) is 9.01. The third-order valence-corrected chi connectivity index (χ3v) is 4.47. The van der Waals surface area contributed by atoms with Crippen LogP contribution in [0.5, 0.6) is 11.5 Å². The van der Waals surface area contributed by atoms with Crippen molar-refractivity contribution in [2.45, 2.75) is 31.9 Å². The van der Waals surface area contributed by atoms with Crippen molar-refractivity contribution in [3.8, 4) is 11.5 Å². The number of para-hydroxylation sites is 1. The van der Waals surface area contributed by atoms with Crippen LogP contribution in [-0.2, 0) is 0 Å². The third kappa shape index (κ3) is 3.72. The second kappa shape index (κ2) is 8.10. The second-order valence-corrected chi connectivity index (χ2v) is 6.02. The number of benzene rings is 1. The molecular weight excluding hydrogens is 316 g/mol. The van der Waals surface area contributed by atoms with E-state index in [-0.39, 0.29) is 16.5 Å². The van der Waals surface area contributed by atoms with E-state index in [1.54, 1.807) is 0 Å². The summed E-state index contributed by atoms with van der Waals surface area (Å²) in [5.41, 5.74) is 0.839. The predicted octanol–water partition coefficient (Wildman–Crippen LogP) is 3.72. The fraction of sp³-hybridized carbons (Fsp3) is 0.500. The van der Waals surface area contributed by atoms with Crippen LogP contribution in [0.2, 0.25) is 0 Å². The summed E-state index contributed by atoms with van der Waals surface area (Å²) in [6.07, 6.45) is 3.78. The Bertz CT molecular complexity index is 604. The van der Waals surface area contributed by atoms with Crippen molar-refractivity contribution in [1.82, 2.24) is 5.32 Å². The van der Waals surface area contributed by atoms with Crippen molar-refractivity contribution >= 4 is 11.8 Å². The normalized spacial score (nSPS) is 16.6. The molecule has 1 aliphatic heterocycles. The standard InChI is InChI=1S/C16H22N2O4S/c1-4-6-10-17-16-13(18(19)20)15(23-3)11-8-7-9-12(21-5-2)14(11)22-16/h7-9,15,17H,4-6,10H2,1-3H3. The summed E-state index contributed by atoms with van der Waals surface area (Å²) in [5.74, 6) is 1.40. The molecule has 2 rings (SSSR count). The highest BCUT2D eigenvalue weighted by molar-refractivity contribution is 7.99. The van der Waals surface area contributed by atoms with E-state index in [1.165, 1.54) is 11.8 Å². The highest BCUT2D eigenvalue weighted by atomic mass is 32.2. The van der Waals surface area contributed by atoms with E-state index in [2.05, 4.69) is 12.2 Å². The minimum atomic E-state index is -0.390. The molecule has 1 aliphatic rings. The maximum Gasteiger partial charge on any atom is 0.323 e. The van der Waals surface area contributed by atoms with Gasteiger partial charge in [-0.25, -0.2) is 0 Å². The largest absolute Gasteiger partial charge is 0.490 e. The summed E-state index contributed by atoms with van der Waals surface area (Å²) in [5, 5.41) is 14.3. The summed E-state index contributed by atoms with van der Waals surface area (Å²) in [7, 11) is 0. The summed E-state index contributed by atoms with van der Waals surface area (Å²) in [6.45, 7) is 5.11. The van der Waals surface area contributed by atoms with E-state index in [1.807, 2.05) is 31.4 Å².